The fourth-order valence-corrected chi connectivity index (χ4v) is 2.81. The molecule has 0 aliphatic heterocycles. The first-order chi connectivity index (χ1) is 8.90. The van der Waals surface area contributed by atoms with Crippen LogP contribution in [-0.2, 0) is 10.0 Å². The lowest BCUT2D eigenvalue weighted by atomic mass is 10.2. The van der Waals surface area contributed by atoms with Gasteiger partial charge in [-0.15, -0.1) is 0 Å². The number of benzene rings is 1. The summed E-state index contributed by atoms with van der Waals surface area (Å²) in [5, 5.41) is 18.2. The molecule has 1 aliphatic rings. The van der Waals surface area contributed by atoms with Gasteiger partial charge in [-0.1, -0.05) is 12.8 Å². The van der Waals surface area contributed by atoms with Crippen LogP contribution in [-0.4, -0.2) is 31.1 Å². The maximum absolute atomic E-state index is 11.9. The Morgan fingerprint density at radius 2 is 2.05 bits per heavy atom. The van der Waals surface area contributed by atoms with Crippen LogP contribution in [0.1, 0.15) is 29.6 Å². The smallest absolute Gasteiger partial charge is 0.339 e. The van der Waals surface area contributed by atoms with Gasteiger partial charge in [0.2, 0.25) is 10.0 Å². The molecule has 1 fully saturated rings. The van der Waals surface area contributed by atoms with Gasteiger partial charge in [0.25, 0.3) is 0 Å². The van der Waals surface area contributed by atoms with Crippen LogP contribution in [0.5, 0.6) is 5.75 Å². The van der Waals surface area contributed by atoms with Crippen LogP contribution in [0.25, 0.3) is 0 Å². The van der Waals surface area contributed by atoms with Crippen molar-refractivity contribution in [2.75, 3.05) is 6.54 Å². The molecule has 1 aromatic carbocycles. The van der Waals surface area contributed by atoms with Gasteiger partial charge < -0.3 is 10.2 Å². The molecule has 1 saturated carbocycles. The van der Waals surface area contributed by atoms with Gasteiger partial charge in [-0.3, -0.25) is 0 Å². The van der Waals surface area contributed by atoms with Crippen molar-refractivity contribution in [3.63, 3.8) is 0 Å². The molecule has 0 spiro atoms. The number of hydrogen-bond donors (Lipinski definition) is 3. The van der Waals surface area contributed by atoms with E-state index in [0.29, 0.717) is 12.5 Å². The minimum absolute atomic E-state index is 0.154. The highest BCUT2D eigenvalue weighted by molar-refractivity contribution is 7.89. The third-order valence-electron chi connectivity index (χ3n) is 3.05. The Hall–Kier alpha value is -1.60. The fourth-order valence-electron chi connectivity index (χ4n) is 1.74. The molecule has 2 rings (SSSR count). The number of aromatic carboxylic acids is 1. The number of carboxylic acid groups (broad SMARTS) is 1. The van der Waals surface area contributed by atoms with E-state index in [1.54, 1.807) is 0 Å². The average molecular weight is 285 g/mol. The largest absolute Gasteiger partial charge is 0.507 e. The van der Waals surface area contributed by atoms with Crippen molar-refractivity contribution in [1.29, 1.82) is 0 Å². The first-order valence-corrected chi connectivity index (χ1v) is 7.44. The molecule has 0 radical (unpaired) electrons. The van der Waals surface area contributed by atoms with E-state index in [0.717, 1.165) is 31.4 Å². The molecule has 6 nitrogen and oxygen atoms in total. The standard InChI is InChI=1S/C12H15NO5S/c14-11-4-3-9(7-10(11)12(15)16)19(17,18)13-6-5-8-1-2-8/h3-4,7-8,13-14H,1-2,5-6H2,(H,15,16). The number of carboxylic acids is 1. The molecule has 0 aromatic heterocycles. The molecule has 7 heteroatoms. The second-order valence-corrected chi connectivity index (χ2v) is 6.38. The monoisotopic (exact) mass is 285 g/mol. The molecule has 0 bridgehead atoms. The lowest BCUT2D eigenvalue weighted by Gasteiger charge is -2.08. The minimum atomic E-state index is -3.73. The summed E-state index contributed by atoms with van der Waals surface area (Å²) < 4.78 is 26.3. The Morgan fingerprint density at radius 3 is 2.63 bits per heavy atom. The van der Waals surface area contributed by atoms with E-state index in [9.17, 15) is 18.3 Å². The number of phenols is 1. The van der Waals surface area contributed by atoms with E-state index < -0.39 is 27.3 Å². The highest BCUT2D eigenvalue weighted by atomic mass is 32.2. The maximum Gasteiger partial charge on any atom is 0.339 e. The maximum atomic E-state index is 11.9. The highest BCUT2D eigenvalue weighted by Gasteiger charge is 2.23. The van der Waals surface area contributed by atoms with Crippen LogP contribution in [0, 0.1) is 5.92 Å². The zero-order chi connectivity index (χ0) is 14.0. The molecule has 0 atom stereocenters. The van der Waals surface area contributed by atoms with Crippen molar-refractivity contribution < 1.29 is 23.4 Å². The topological polar surface area (TPSA) is 104 Å². The van der Waals surface area contributed by atoms with Gasteiger partial charge in [0.15, 0.2) is 0 Å². The molecule has 0 unspecified atom stereocenters. The van der Waals surface area contributed by atoms with Crippen molar-refractivity contribution >= 4 is 16.0 Å². The number of nitrogens with one attached hydrogen (secondary N) is 1. The van der Waals surface area contributed by atoms with Gasteiger partial charge in [0, 0.05) is 6.54 Å². The lowest BCUT2D eigenvalue weighted by molar-refractivity contribution is 0.0693. The first-order valence-electron chi connectivity index (χ1n) is 5.96. The van der Waals surface area contributed by atoms with Crippen molar-refractivity contribution in [3.8, 4) is 5.75 Å². The van der Waals surface area contributed by atoms with Crippen LogP contribution >= 0.6 is 0 Å². The van der Waals surface area contributed by atoms with E-state index in [-0.39, 0.29) is 4.90 Å². The number of rotatable bonds is 6. The van der Waals surface area contributed by atoms with Crippen LogP contribution < -0.4 is 4.72 Å². The SMILES string of the molecule is O=C(O)c1cc(S(=O)(=O)NCCC2CC2)ccc1O. The first kappa shape index (κ1) is 13.8. The van der Waals surface area contributed by atoms with Crippen LogP contribution in [0.3, 0.4) is 0 Å². The molecular weight excluding hydrogens is 270 g/mol. The van der Waals surface area contributed by atoms with E-state index >= 15 is 0 Å². The summed E-state index contributed by atoms with van der Waals surface area (Å²) >= 11 is 0. The molecule has 0 amide bonds. The lowest BCUT2D eigenvalue weighted by Crippen LogP contribution is -2.25. The van der Waals surface area contributed by atoms with Crippen LogP contribution in [0.15, 0.2) is 23.1 Å². The van der Waals surface area contributed by atoms with Crippen molar-refractivity contribution in [3.05, 3.63) is 23.8 Å². The third kappa shape index (κ3) is 3.45. The molecule has 0 heterocycles. The number of sulfonamides is 1. The van der Waals surface area contributed by atoms with Gasteiger partial charge in [0.05, 0.1) is 4.90 Å². The zero-order valence-electron chi connectivity index (χ0n) is 10.2. The van der Waals surface area contributed by atoms with Crippen molar-refractivity contribution in [2.45, 2.75) is 24.2 Å². The predicted molar refractivity (Wildman–Crippen MR) is 67.6 cm³/mol. The van der Waals surface area contributed by atoms with Gasteiger partial charge in [-0.25, -0.2) is 17.9 Å². The Kier molecular flexibility index (Phi) is 3.77. The normalized spacial score (nSPS) is 15.4. The quantitative estimate of drug-likeness (QED) is 0.728. The third-order valence-corrected chi connectivity index (χ3v) is 4.51. The van der Waals surface area contributed by atoms with E-state index in [1.165, 1.54) is 6.07 Å². The van der Waals surface area contributed by atoms with E-state index in [1.807, 2.05) is 0 Å². The van der Waals surface area contributed by atoms with Gasteiger partial charge >= 0.3 is 5.97 Å². The van der Waals surface area contributed by atoms with E-state index in [4.69, 9.17) is 5.11 Å². The highest BCUT2D eigenvalue weighted by Crippen LogP contribution is 2.31. The Morgan fingerprint density at radius 1 is 1.37 bits per heavy atom. The van der Waals surface area contributed by atoms with E-state index in [2.05, 4.69) is 4.72 Å². The summed E-state index contributed by atoms with van der Waals surface area (Å²) in [5.41, 5.74) is -0.426. The van der Waals surface area contributed by atoms with Gasteiger partial charge in [-0.2, -0.15) is 0 Å². The van der Waals surface area contributed by atoms with Gasteiger partial charge in [-0.05, 0) is 30.5 Å². The van der Waals surface area contributed by atoms with Crippen LogP contribution in [0.2, 0.25) is 0 Å². The fraction of sp³-hybridized carbons (Fsp3) is 0.417. The number of carbonyl (C=O) groups is 1. The molecule has 0 saturated heterocycles. The zero-order valence-corrected chi connectivity index (χ0v) is 11.0. The van der Waals surface area contributed by atoms with Crippen molar-refractivity contribution in [1.82, 2.24) is 4.72 Å². The second kappa shape index (κ2) is 5.18. The minimum Gasteiger partial charge on any atom is -0.507 e. The predicted octanol–water partition coefficient (Wildman–Crippen LogP) is 1.17. The Bertz CT molecular complexity index is 592. The summed E-state index contributed by atoms with van der Waals surface area (Å²) in [4.78, 5) is 10.7. The average Bonchev–Trinajstić information content (AvgIpc) is 3.12. The molecule has 19 heavy (non-hydrogen) atoms. The molecule has 3 N–H and O–H groups in total. The number of hydrogen-bond acceptors (Lipinski definition) is 4. The summed E-state index contributed by atoms with van der Waals surface area (Å²) in [6.45, 7) is 0.344. The molecule has 104 valence electrons. The van der Waals surface area contributed by atoms with Gasteiger partial charge in [0.1, 0.15) is 11.3 Å². The molecule has 1 aliphatic carbocycles. The Balaban J connectivity index is 2.14. The summed E-state index contributed by atoms with van der Waals surface area (Å²) in [6.07, 6.45) is 3.08. The number of aromatic hydroxyl groups is 1. The molecular formula is C12H15NO5S. The summed E-state index contributed by atoms with van der Waals surface area (Å²) in [7, 11) is -3.73. The molecule has 1 aromatic rings. The Labute approximate surface area is 111 Å². The van der Waals surface area contributed by atoms with Crippen LogP contribution in [0.4, 0.5) is 0 Å². The van der Waals surface area contributed by atoms with Crippen molar-refractivity contribution in [2.24, 2.45) is 5.92 Å². The summed E-state index contributed by atoms with van der Waals surface area (Å²) in [5.74, 6) is -1.21. The second-order valence-electron chi connectivity index (χ2n) is 4.61. The summed E-state index contributed by atoms with van der Waals surface area (Å²) in [6, 6.07) is 3.21.